The normalized spacial score (nSPS) is 22.9. The van der Waals surface area contributed by atoms with Crippen LogP contribution in [0, 0.1) is 11.7 Å². The highest BCUT2D eigenvalue weighted by Gasteiger charge is 2.45. The van der Waals surface area contributed by atoms with Gasteiger partial charge < -0.3 is 9.84 Å². The van der Waals surface area contributed by atoms with Crippen molar-refractivity contribution in [2.45, 2.75) is 19.3 Å². The summed E-state index contributed by atoms with van der Waals surface area (Å²) in [6.45, 7) is 2.33. The lowest BCUT2D eigenvalue weighted by atomic mass is 10.1. The van der Waals surface area contributed by atoms with Crippen LogP contribution < -0.4 is 4.74 Å². The zero-order valence-electron chi connectivity index (χ0n) is 8.94. The Kier molecular flexibility index (Phi) is 2.81. The molecule has 0 spiro atoms. The van der Waals surface area contributed by atoms with Crippen LogP contribution in [0.15, 0.2) is 18.2 Å². The van der Waals surface area contributed by atoms with E-state index >= 15 is 0 Å². The summed E-state index contributed by atoms with van der Waals surface area (Å²) in [4.78, 5) is 10.8. The van der Waals surface area contributed by atoms with Crippen molar-refractivity contribution in [3.05, 3.63) is 29.6 Å². The average Bonchev–Trinajstić information content (AvgIpc) is 3.00. The summed E-state index contributed by atoms with van der Waals surface area (Å²) < 4.78 is 18.5. The fourth-order valence-corrected chi connectivity index (χ4v) is 1.91. The third kappa shape index (κ3) is 2.01. The Balaban J connectivity index is 2.25. The lowest BCUT2D eigenvalue weighted by molar-refractivity contribution is -0.138. The maximum atomic E-state index is 13.1. The molecule has 0 amide bonds. The van der Waals surface area contributed by atoms with E-state index in [1.165, 1.54) is 12.1 Å². The predicted octanol–water partition coefficient (Wildman–Crippen LogP) is 2.41. The molecular weight excluding hydrogens is 211 g/mol. The van der Waals surface area contributed by atoms with Gasteiger partial charge in [-0.25, -0.2) is 4.39 Å². The van der Waals surface area contributed by atoms with Gasteiger partial charge in [-0.2, -0.15) is 0 Å². The molecule has 2 unspecified atom stereocenters. The molecule has 0 radical (unpaired) electrons. The van der Waals surface area contributed by atoms with Crippen molar-refractivity contribution >= 4 is 5.97 Å². The van der Waals surface area contributed by atoms with E-state index in [0.717, 1.165) is 0 Å². The van der Waals surface area contributed by atoms with E-state index in [2.05, 4.69) is 0 Å². The topological polar surface area (TPSA) is 46.5 Å². The van der Waals surface area contributed by atoms with Crippen LogP contribution >= 0.6 is 0 Å². The van der Waals surface area contributed by atoms with Gasteiger partial charge in [-0.05, 0) is 31.5 Å². The molecule has 2 atom stereocenters. The second-order valence-corrected chi connectivity index (χ2v) is 3.90. The molecule has 1 fully saturated rings. The van der Waals surface area contributed by atoms with Gasteiger partial charge in [-0.1, -0.05) is 0 Å². The SMILES string of the molecule is CCOc1ccc(F)cc1C1CC1C(=O)O. The molecule has 3 nitrogen and oxygen atoms in total. The minimum Gasteiger partial charge on any atom is -0.494 e. The Hall–Kier alpha value is -1.58. The summed E-state index contributed by atoms with van der Waals surface area (Å²) in [6.07, 6.45) is 0.568. The van der Waals surface area contributed by atoms with Gasteiger partial charge in [-0.15, -0.1) is 0 Å². The third-order valence-corrected chi connectivity index (χ3v) is 2.78. The fourth-order valence-electron chi connectivity index (χ4n) is 1.91. The molecule has 1 aliphatic rings. The van der Waals surface area contributed by atoms with Gasteiger partial charge in [-0.3, -0.25) is 4.79 Å². The summed E-state index contributed by atoms with van der Waals surface area (Å²) in [5, 5.41) is 8.84. The van der Waals surface area contributed by atoms with Crippen LogP contribution in [0.25, 0.3) is 0 Å². The first-order valence-electron chi connectivity index (χ1n) is 5.28. The number of benzene rings is 1. The van der Waals surface area contributed by atoms with E-state index in [4.69, 9.17) is 9.84 Å². The summed E-state index contributed by atoms with van der Waals surface area (Å²) in [5.74, 6) is -1.07. The monoisotopic (exact) mass is 224 g/mol. The Morgan fingerprint density at radius 3 is 2.94 bits per heavy atom. The predicted molar refractivity (Wildman–Crippen MR) is 56.1 cm³/mol. The second-order valence-electron chi connectivity index (χ2n) is 3.90. The number of halogens is 1. The van der Waals surface area contributed by atoms with E-state index in [1.54, 1.807) is 6.07 Å². The summed E-state index contributed by atoms with van der Waals surface area (Å²) in [5.41, 5.74) is 0.675. The molecule has 1 N–H and O–H groups in total. The number of carboxylic acid groups (broad SMARTS) is 1. The van der Waals surface area contributed by atoms with E-state index in [9.17, 15) is 9.18 Å². The summed E-state index contributed by atoms with van der Waals surface area (Å²) in [6, 6.07) is 4.26. The highest BCUT2D eigenvalue weighted by atomic mass is 19.1. The van der Waals surface area contributed by atoms with E-state index in [1.807, 2.05) is 6.92 Å². The first-order chi connectivity index (χ1) is 7.63. The van der Waals surface area contributed by atoms with Crippen molar-refractivity contribution < 1.29 is 19.0 Å². The molecule has 1 aromatic carbocycles. The Bertz CT molecular complexity index is 417. The van der Waals surface area contributed by atoms with Gasteiger partial charge >= 0.3 is 5.97 Å². The lowest BCUT2D eigenvalue weighted by Gasteiger charge is -2.09. The average molecular weight is 224 g/mol. The van der Waals surface area contributed by atoms with Gasteiger partial charge in [0.05, 0.1) is 12.5 Å². The van der Waals surface area contributed by atoms with Crippen LogP contribution in [0.3, 0.4) is 0 Å². The molecule has 4 heteroatoms. The number of rotatable bonds is 4. The molecule has 1 saturated carbocycles. The highest BCUT2D eigenvalue weighted by molar-refractivity contribution is 5.75. The molecule has 2 rings (SSSR count). The lowest BCUT2D eigenvalue weighted by Crippen LogP contribution is -2.01. The van der Waals surface area contributed by atoms with Crippen LogP contribution in [0.1, 0.15) is 24.8 Å². The maximum Gasteiger partial charge on any atom is 0.307 e. The Morgan fingerprint density at radius 1 is 1.62 bits per heavy atom. The molecular formula is C12H13FO3. The van der Waals surface area contributed by atoms with Gasteiger partial charge in [0.15, 0.2) is 0 Å². The second kappa shape index (κ2) is 4.12. The van der Waals surface area contributed by atoms with Crippen LogP contribution in [0.5, 0.6) is 5.75 Å². The third-order valence-electron chi connectivity index (χ3n) is 2.78. The van der Waals surface area contributed by atoms with Crippen molar-refractivity contribution in [3.63, 3.8) is 0 Å². The molecule has 0 bridgehead atoms. The van der Waals surface area contributed by atoms with Crippen LogP contribution in [0.2, 0.25) is 0 Å². The number of ether oxygens (including phenoxy) is 1. The number of hydrogen-bond acceptors (Lipinski definition) is 2. The molecule has 0 aliphatic heterocycles. The molecule has 16 heavy (non-hydrogen) atoms. The number of hydrogen-bond donors (Lipinski definition) is 1. The highest BCUT2D eigenvalue weighted by Crippen LogP contribution is 2.50. The van der Waals surface area contributed by atoms with Gasteiger partial charge in [0.1, 0.15) is 11.6 Å². The number of carboxylic acids is 1. The first kappa shape index (κ1) is 10.9. The zero-order chi connectivity index (χ0) is 11.7. The van der Waals surface area contributed by atoms with Crippen molar-refractivity contribution in [2.24, 2.45) is 5.92 Å². The maximum absolute atomic E-state index is 13.1. The molecule has 0 aromatic heterocycles. The first-order valence-corrected chi connectivity index (χ1v) is 5.28. The fraction of sp³-hybridized carbons (Fsp3) is 0.417. The standard InChI is InChI=1S/C12H13FO3/c1-2-16-11-4-3-7(13)5-9(11)8-6-10(8)12(14)15/h3-5,8,10H,2,6H2,1H3,(H,14,15). The molecule has 0 heterocycles. The van der Waals surface area contributed by atoms with Crippen LogP contribution in [-0.4, -0.2) is 17.7 Å². The molecule has 86 valence electrons. The Morgan fingerprint density at radius 2 is 2.38 bits per heavy atom. The minimum absolute atomic E-state index is 0.102. The smallest absolute Gasteiger partial charge is 0.307 e. The number of aliphatic carboxylic acids is 1. The largest absolute Gasteiger partial charge is 0.494 e. The van der Waals surface area contributed by atoms with Crippen LogP contribution in [0.4, 0.5) is 4.39 Å². The van der Waals surface area contributed by atoms with E-state index in [-0.39, 0.29) is 17.7 Å². The number of carbonyl (C=O) groups is 1. The van der Waals surface area contributed by atoms with Crippen molar-refractivity contribution in [2.75, 3.05) is 6.61 Å². The molecule has 0 saturated heterocycles. The van der Waals surface area contributed by atoms with E-state index < -0.39 is 5.97 Å². The van der Waals surface area contributed by atoms with E-state index in [0.29, 0.717) is 24.3 Å². The molecule has 1 aliphatic carbocycles. The molecule has 1 aromatic rings. The van der Waals surface area contributed by atoms with Crippen LogP contribution in [-0.2, 0) is 4.79 Å². The summed E-state index contributed by atoms with van der Waals surface area (Å²) in [7, 11) is 0. The zero-order valence-corrected chi connectivity index (χ0v) is 8.94. The van der Waals surface area contributed by atoms with Crippen molar-refractivity contribution in [1.29, 1.82) is 0 Å². The Labute approximate surface area is 92.9 Å². The van der Waals surface area contributed by atoms with Crippen molar-refractivity contribution in [1.82, 2.24) is 0 Å². The minimum atomic E-state index is -0.822. The quantitative estimate of drug-likeness (QED) is 0.854. The van der Waals surface area contributed by atoms with Gasteiger partial charge in [0, 0.05) is 11.5 Å². The van der Waals surface area contributed by atoms with Gasteiger partial charge in [0.25, 0.3) is 0 Å². The van der Waals surface area contributed by atoms with Gasteiger partial charge in [0.2, 0.25) is 0 Å². The van der Waals surface area contributed by atoms with Crippen molar-refractivity contribution in [3.8, 4) is 5.75 Å². The summed E-state index contributed by atoms with van der Waals surface area (Å²) >= 11 is 0.